The number of aliphatic hydroxyl groups excluding tert-OH is 1. The number of halogens is 2. The van der Waals surface area contributed by atoms with Gasteiger partial charge in [0.15, 0.2) is 0 Å². The number of rotatable bonds is 4. The van der Waals surface area contributed by atoms with Crippen LogP contribution in [0.5, 0.6) is 0 Å². The van der Waals surface area contributed by atoms with Gasteiger partial charge in [-0.3, -0.25) is 9.69 Å². The van der Waals surface area contributed by atoms with E-state index in [0.717, 1.165) is 19.5 Å². The summed E-state index contributed by atoms with van der Waals surface area (Å²) in [5.41, 5.74) is 0.617. The largest absolute Gasteiger partial charge is 0.483 e. The predicted octanol–water partition coefficient (Wildman–Crippen LogP) is 2.44. The Balaban J connectivity index is 0.000000706. The molecule has 2 N–H and O–H groups in total. The van der Waals surface area contributed by atoms with Crippen molar-refractivity contribution in [3.8, 4) is 11.4 Å². The van der Waals surface area contributed by atoms with Gasteiger partial charge in [-0.15, -0.1) is 0 Å². The van der Waals surface area contributed by atoms with E-state index in [4.69, 9.17) is 31.3 Å². The van der Waals surface area contributed by atoms with Gasteiger partial charge in [0.1, 0.15) is 11.6 Å². The molecule has 0 unspecified atom stereocenters. The maximum Gasteiger partial charge on any atom is 0.290 e. The van der Waals surface area contributed by atoms with E-state index >= 15 is 0 Å². The van der Waals surface area contributed by atoms with Crippen LogP contribution in [-0.2, 0) is 9.53 Å². The Bertz CT molecular complexity index is 803. The van der Waals surface area contributed by atoms with Crippen molar-refractivity contribution in [1.82, 2.24) is 14.5 Å². The molecule has 2 aliphatic rings. The summed E-state index contributed by atoms with van der Waals surface area (Å²) >= 11 is 6.27. The molecule has 9 heteroatoms. The van der Waals surface area contributed by atoms with Crippen molar-refractivity contribution in [2.24, 2.45) is 0 Å². The molecule has 3 heterocycles. The molecule has 0 saturated carbocycles. The number of carbonyl (C=O) groups is 1. The SMILES string of the molecule is O=CO.OCC[C@H]1CN2C[C@H](n3ccnc3-c3cc(F)ccc3Cl)C[C@H]2CO1. The number of ether oxygens (including phenoxy) is 1. The van der Waals surface area contributed by atoms with Crippen molar-refractivity contribution < 1.29 is 24.1 Å². The van der Waals surface area contributed by atoms with Crippen LogP contribution in [0.3, 0.4) is 0 Å². The number of imidazole rings is 1. The zero-order valence-corrected chi connectivity index (χ0v) is 16.0. The van der Waals surface area contributed by atoms with E-state index in [1.54, 1.807) is 12.3 Å². The van der Waals surface area contributed by atoms with Gasteiger partial charge in [-0.25, -0.2) is 9.37 Å². The second kappa shape index (κ2) is 9.47. The van der Waals surface area contributed by atoms with Gasteiger partial charge in [0.25, 0.3) is 6.47 Å². The fourth-order valence-electron chi connectivity index (χ4n) is 3.92. The Hall–Kier alpha value is -2.00. The Morgan fingerprint density at radius 3 is 2.89 bits per heavy atom. The van der Waals surface area contributed by atoms with Crippen molar-refractivity contribution >= 4 is 18.1 Å². The van der Waals surface area contributed by atoms with E-state index < -0.39 is 0 Å². The first kappa shape index (κ1) is 20.7. The summed E-state index contributed by atoms with van der Waals surface area (Å²) < 4.78 is 21.6. The van der Waals surface area contributed by atoms with Crippen LogP contribution in [0.1, 0.15) is 18.9 Å². The minimum atomic E-state index is -0.321. The summed E-state index contributed by atoms with van der Waals surface area (Å²) in [6.07, 6.45) is 5.40. The number of hydrogen-bond donors (Lipinski definition) is 2. The topological polar surface area (TPSA) is 87.8 Å². The molecular formula is C19H23ClFN3O4. The van der Waals surface area contributed by atoms with Crippen LogP contribution >= 0.6 is 11.6 Å². The first-order valence-corrected chi connectivity index (χ1v) is 9.47. The van der Waals surface area contributed by atoms with Crippen LogP contribution in [0, 0.1) is 5.82 Å². The lowest BCUT2D eigenvalue weighted by Crippen LogP contribution is -2.46. The summed E-state index contributed by atoms with van der Waals surface area (Å²) in [7, 11) is 0. The van der Waals surface area contributed by atoms with Gasteiger partial charge in [0.2, 0.25) is 0 Å². The monoisotopic (exact) mass is 411 g/mol. The third kappa shape index (κ3) is 4.52. The first-order chi connectivity index (χ1) is 13.6. The average molecular weight is 412 g/mol. The van der Waals surface area contributed by atoms with Crippen molar-refractivity contribution in [3.05, 3.63) is 41.4 Å². The Kier molecular flexibility index (Phi) is 7.01. The molecule has 152 valence electrons. The molecule has 2 aliphatic heterocycles. The molecule has 7 nitrogen and oxygen atoms in total. The number of fused-ring (bicyclic) bond motifs is 1. The van der Waals surface area contributed by atoms with E-state index in [2.05, 4.69) is 14.5 Å². The fourth-order valence-corrected chi connectivity index (χ4v) is 4.12. The van der Waals surface area contributed by atoms with Crippen molar-refractivity contribution in [1.29, 1.82) is 0 Å². The second-order valence-corrected chi connectivity index (χ2v) is 7.26. The van der Waals surface area contributed by atoms with Crippen LogP contribution in [0.4, 0.5) is 4.39 Å². The van der Waals surface area contributed by atoms with Gasteiger partial charge in [-0.05, 0) is 31.0 Å². The zero-order chi connectivity index (χ0) is 20.1. The summed E-state index contributed by atoms with van der Waals surface area (Å²) in [5, 5.41) is 16.5. The number of aromatic nitrogens is 2. The average Bonchev–Trinajstić information content (AvgIpc) is 3.30. The van der Waals surface area contributed by atoms with Gasteiger partial charge < -0.3 is 19.5 Å². The highest BCUT2D eigenvalue weighted by Crippen LogP contribution is 2.35. The molecule has 1 aromatic carbocycles. The first-order valence-electron chi connectivity index (χ1n) is 9.10. The van der Waals surface area contributed by atoms with Gasteiger partial charge in [-0.1, -0.05) is 11.6 Å². The smallest absolute Gasteiger partial charge is 0.290 e. The van der Waals surface area contributed by atoms with Crippen molar-refractivity contribution in [2.75, 3.05) is 26.3 Å². The second-order valence-electron chi connectivity index (χ2n) is 6.85. The molecule has 0 spiro atoms. The summed E-state index contributed by atoms with van der Waals surface area (Å²) in [4.78, 5) is 15.2. The Morgan fingerprint density at radius 2 is 2.14 bits per heavy atom. The predicted molar refractivity (Wildman–Crippen MR) is 102 cm³/mol. The number of hydrogen-bond acceptors (Lipinski definition) is 5. The van der Waals surface area contributed by atoms with Crippen LogP contribution in [0.25, 0.3) is 11.4 Å². The standard InChI is InChI=1S/C18H21ClFN3O2.CH2O2/c19-17-2-1-12(20)7-16(17)18-21-4-5-23(18)13-8-14-11-25-15(3-6-24)10-22(14)9-13;2-1-3/h1-2,4-5,7,13-15,24H,3,6,8-11H2;1H,(H,2,3)/t13-,14+,15+;/m1./s1. The third-order valence-corrected chi connectivity index (χ3v) is 5.48. The lowest BCUT2D eigenvalue weighted by Gasteiger charge is -2.34. The van der Waals surface area contributed by atoms with Gasteiger partial charge in [0, 0.05) is 49.7 Å². The van der Waals surface area contributed by atoms with E-state index in [1.807, 2.05) is 6.20 Å². The Labute approximate surface area is 167 Å². The zero-order valence-electron chi connectivity index (χ0n) is 15.2. The minimum absolute atomic E-state index is 0.0971. The molecule has 0 bridgehead atoms. The highest BCUT2D eigenvalue weighted by molar-refractivity contribution is 6.33. The molecular weight excluding hydrogens is 389 g/mol. The molecule has 2 fully saturated rings. The van der Waals surface area contributed by atoms with Crippen LogP contribution in [0.15, 0.2) is 30.6 Å². The van der Waals surface area contributed by atoms with E-state index in [0.29, 0.717) is 35.5 Å². The summed E-state index contributed by atoms with van der Waals surface area (Å²) in [6, 6.07) is 4.98. The van der Waals surface area contributed by atoms with Gasteiger partial charge in [-0.2, -0.15) is 0 Å². The number of aliphatic hydroxyl groups is 1. The highest BCUT2D eigenvalue weighted by atomic mass is 35.5. The van der Waals surface area contributed by atoms with Gasteiger partial charge in [0.05, 0.1) is 17.7 Å². The Morgan fingerprint density at radius 1 is 1.36 bits per heavy atom. The molecule has 0 radical (unpaired) electrons. The maximum atomic E-state index is 13.7. The fraction of sp³-hybridized carbons (Fsp3) is 0.474. The number of benzene rings is 1. The van der Waals surface area contributed by atoms with Crippen LogP contribution in [0.2, 0.25) is 5.02 Å². The third-order valence-electron chi connectivity index (χ3n) is 5.15. The molecule has 0 amide bonds. The lowest BCUT2D eigenvalue weighted by atomic mass is 10.1. The highest BCUT2D eigenvalue weighted by Gasteiger charge is 2.38. The molecule has 3 atom stereocenters. The maximum absolute atomic E-state index is 13.7. The van der Waals surface area contributed by atoms with E-state index in [1.165, 1.54) is 12.1 Å². The van der Waals surface area contributed by atoms with Crippen LogP contribution < -0.4 is 0 Å². The number of carboxylic acid groups (broad SMARTS) is 1. The van der Waals surface area contributed by atoms with Gasteiger partial charge >= 0.3 is 0 Å². The minimum Gasteiger partial charge on any atom is -0.483 e. The van der Waals surface area contributed by atoms with Crippen molar-refractivity contribution in [2.45, 2.75) is 31.0 Å². The quantitative estimate of drug-likeness (QED) is 0.751. The van der Waals surface area contributed by atoms with Crippen molar-refractivity contribution in [3.63, 3.8) is 0 Å². The van der Waals surface area contributed by atoms with E-state index in [-0.39, 0.29) is 31.0 Å². The van der Waals surface area contributed by atoms with E-state index in [9.17, 15) is 4.39 Å². The molecule has 4 rings (SSSR count). The molecule has 0 aliphatic carbocycles. The van der Waals surface area contributed by atoms with Crippen LogP contribution in [-0.4, -0.2) is 69.6 Å². The summed E-state index contributed by atoms with van der Waals surface area (Å²) in [6.45, 7) is 2.32. The molecule has 1 aromatic heterocycles. The molecule has 28 heavy (non-hydrogen) atoms. The lowest BCUT2D eigenvalue weighted by molar-refractivity contribution is -0.122. The molecule has 2 aromatic rings. The normalized spacial score (nSPS) is 24.3. The molecule has 2 saturated heterocycles. The summed E-state index contributed by atoms with van der Waals surface area (Å²) in [5.74, 6) is 0.375. The number of morpholine rings is 1. The number of nitrogens with zero attached hydrogens (tertiary/aromatic N) is 3.